The van der Waals surface area contributed by atoms with Crippen LogP contribution in [-0.2, 0) is 4.74 Å². The van der Waals surface area contributed by atoms with Gasteiger partial charge >= 0.3 is 0 Å². The van der Waals surface area contributed by atoms with Crippen molar-refractivity contribution in [2.45, 2.75) is 25.4 Å². The van der Waals surface area contributed by atoms with E-state index in [-0.39, 0.29) is 6.10 Å². The maximum Gasteiger partial charge on any atom is 0.188 e. The lowest BCUT2D eigenvalue weighted by molar-refractivity contribution is -0.0426. The third kappa shape index (κ3) is 1.13. The molecule has 0 atom stereocenters. The van der Waals surface area contributed by atoms with E-state index in [4.69, 9.17) is 0 Å². The predicted molar refractivity (Wildman–Crippen MR) is 24.7 cm³/mol. The zero-order valence-corrected chi connectivity index (χ0v) is 4.19. The maximum atomic E-state index is 11.2. The molecule has 0 spiro atoms. The zero-order valence-electron chi connectivity index (χ0n) is 4.19. The fourth-order valence-electron chi connectivity index (χ4n) is 0.627. The second-order valence-electron chi connectivity index (χ2n) is 1.83. The molecule has 1 fully saturated rings. The summed E-state index contributed by atoms with van der Waals surface area (Å²) >= 11 is 0. The number of hydrogen-bond donors (Lipinski definition) is 0. The fraction of sp³-hybridized carbons (Fsp3) is 1.00. The Morgan fingerprint density at radius 2 is 2.29 bits per heavy atom. The van der Waals surface area contributed by atoms with Crippen LogP contribution in [0.4, 0.5) is 4.39 Å². The van der Waals surface area contributed by atoms with Gasteiger partial charge in [-0.15, -0.1) is 0 Å². The Labute approximate surface area is 42.5 Å². The van der Waals surface area contributed by atoms with Crippen LogP contribution in [0.1, 0.15) is 19.3 Å². The monoisotopic (exact) mass is 104 g/mol. The van der Waals surface area contributed by atoms with Crippen LogP contribution in [0.2, 0.25) is 0 Å². The van der Waals surface area contributed by atoms with Crippen molar-refractivity contribution < 1.29 is 9.13 Å². The molecule has 0 aromatic rings. The van der Waals surface area contributed by atoms with Gasteiger partial charge in [-0.25, -0.2) is 4.39 Å². The molecule has 0 heterocycles. The first-order chi connectivity index (χ1) is 3.43. The Balaban J connectivity index is 1.93. The van der Waals surface area contributed by atoms with Crippen LogP contribution in [0.25, 0.3) is 0 Å². The summed E-state index contributed by atoms with van der Waals surface area (Å²) in [5.41, 5.74) is 0. The molecule has 2 heteroatoms. The van der Waals surface area contributed by atoms with Gasteiger partial charge in [0.15, 0.2) is 6.86 Å². The lowest BCUT2D eigenvalue weighted by atomic mass is 9.96. The minimum absolute atomic E-state index is 0.255. The predicted octanol–water partition coefficient (Wildman–Crippen LogP) is 1.48. The van der Waals surface area contributed by atoms with E-state index in [1.165, 1.54) is 6.42 Å². The van der Waals surface area contributed by atoms with Crippen molar-refractivity contribution in [2.24, 2.45) is 0 Å². The molecule has 42 valence electrons. The second kappa shape index (κ2) is 2.26. The number of halogens is 1. The Morgan fingerprint density at radius 3 is 2.43 bits per heavy atom. The highest BCUT2D eigenvalue weighted by Gasteiger charge is 2.16. The topological polar surface area (TPSA) is 9.23 Å². The molecule has 7 heavy (non-hydrogen) atoms. The van der Waals surface area contributed by atoms with E-state index in [1.54, 1.807) is 0 Å². The first kappa shape index (κ1) is 5.04. The molecule has 0 N–H and O–H groups in total. The molecule has 0 saturated heterocycles. The van der Waals surface area contributed by atoms with Gasteiger partial charge in [-0.1, -0.05) is 0 Å². The molecule has 0 amide bonds. The van der Waals surface area contributed by atoms with Gasteiger partial charge in [-0.05, 0) is 19.3 Å². The average molecular weight is 104 g/mol. The summed E-state index contributed by atoms with van der Waals surface area (Å²) in [6, 6.07) is 0. The van der Waals surface area contributed by atoms with Crippen LogP contribution >= 0.6 is 0 Å². The van der Waals surface area contributed by atoms with E-state index in [9.17, 15) is 4.39 Å². The van der Waals surface area contributed by atoms with Crippen molar-refractivity contribution in [3.05, 3.63) is 0 Å². The quantitative estimate of drug-likeness (QED) is 0.515. The van der Waals surface area contributed by atoms with E-state index in [1.807, 2.05) is 0 Å². The molecule has 0 radical (unpaired) electrons. The summed E-state index contributed by atoms with van der Waals surface area (Å²) in [5.74, 6) is 0. The molecule has 1 nitrogen and oxygen atoms in total. The Hall–Kier alpha value is -0.110. The van der Waals surface area contributed by atoms with Crippen LogP contribution in [0.3, 0.4) is 0 Å². The van der Waals surface area contributed by atoms with E-state index < -0.39 is 6.86 Å². The van der Waals surface area contributed by atoms with Crippen molar-refractivity contribution in [3.63, 3.8) is 0 Å². The van der Waals surface area contributed by atoms with Gasteiger partial charge in [0.2, 0.25) is 0 Å². The van der Waals surface area contributed by atoms with E-state index in [2.05, 4.69) is 4.74 Å². The molecule has 1 aliphatic rings. The van der Waals surface area contributed by atoms with Crippen molar-refractivity contribution >= 4 is 0 Å². The molecular formula is C5H9FO. The highest BCUT2D eigenvalue weighted by molar-refractivity contribution is 4.67. The maximum absolute atomic E-state index is 11.2. The van der Waals surface area contributed by atoms with Crippen LogP contribution in [0.15, 0.2) is 0 Å². The molecule has 0 aromatic heterocycles. The van der Waals surface area contributed by atoms with Crippen LogP contribution in [0, 0.1) is 0 Å². The number of alkyl halides is 1. The largest absolute Gasteiger partial charge is 0.347 e. The summed E-state index contributed by atoms with van der Waals surface area (Å²) in [5, 5.41) is 0. The van der Waals surface area contributed by atoms with Gasteiger partial charge in [-0.3, -0.25) is 0 Å². The lowest BCUT2D eigenvalue weighted by Gasteiger charge is -2.23. The fourth-order valence-corrected chi connectivity index (χ4v) is 0.627. The van der Waals surface area contributed by atoms with E-state index >= 15 is 0 Å². The van der Waals surface area contributed by atoms with Crippen molar-refractivity contribution in [1.29, 1.82) is 0 Å². The van der Waals surface area contributed by atoms with Crippen LogP contribution < -0.4 is 0 Å². The third-order valence-corrected chi connectivity index (χ3v) is 1.35. The normalized spacial score (nSPS) is 21.9. The first-order valence-corrected chi connectivity index (χ1v) is 2.61. The van der Waals surface area contributed by atoms with E-state index in [0.29, 0.717) is 0 Å². The molecule has 0 aliphatic heterocycles. The standard InChI is InChI=1S/C5H9FO/c6-4-7-5-2-1-3-5/h5H,1-4H2. The molecule has 0 bridgehead atoms. The highest BCUT2D eigenvalue weighted by Crippen LogP contribution is 2.21. The summed E-state index contributed by atoms with van der Waals surface area (Å²) in [6.45, 7) is -0.606. The Morgan fingerprint density at radius 1 is 1.57 bits per heavy atom. The van der Waals surface area contributed by atoms with Crippen LogP contribution in [-0.4, -0.2) is 13.0 Å². The molecule has 0 aromatic carbocycles. The zero-order chi connectivity index (χ0) is 5.11. The molecule has 0 unspecified atom stereocenters. The van der Waals surface area contributed by atoms with E-state index in [0.717, 1.165) is 12.8 Å². The summed E-state index contributed by atoms with van der Waals surface area (Å²) in [6.07, 6.45) is 3.59. The first-order valence-electron chi connectivity index (χ1n) is 2.61. The van der Waals surface area contributed by atoms with Gasteiger partial charge < -0.3 is 4.74 Å². The van der Waals surface area contributed by atoms with Gasteiger partial charge in [0.05, 0.1) is 6.10 Å². The van der Waals surface area contributed by atoms with Crippen molar-refractivity contribution in [2.75, 3.05) is 6.86 Å². The molecule has 1 rings (SSSR count). The SMILES string of the molecule is FCOC1CCC1. The summed E-state index contributed by atoms with van der Waals surface area (Å²) in [4.78, 5) is 0. The second-order valence-corrected chi connectivity index (χ2v) is 1.83. The van der Waals surface area contributed by atoms with Crippen molar-refractivity contribution in [1.82, 2.24) is 0 Å². The molecular weight excluding hydrogens is 95.1 g/mol. The minimum Gasteiger partial charge on any atom is -0.347 e. The van der Waals surface area contributed by atoms with Gasteiger partial charge in [0.25, 0.3) is 0 Å². The number of rotatable bonds is 2. The highest BCUT2D eigenvalue weighted by atomic mass is 19.1. The Kier molecular flexibility index (Phi) is 1.63. The number of ether oxygens (including phenoxy) is 1. The lowest BCUT2D eigenvalue weighted by Crippen LogP contribution is -2.20. The van der Waals surface area contributed by atoms with Crippen LogP contribution in [0.5, 0.6) is 0 Å². The van der Waals surface area contributed by atoms with Gasteiger partial charge in [0, 0.05) is 0 Å². The van der Waals surface area contributed by atoms with Crippen molar-refractivity contribution in [3.8, 4) is 0 Å². The smallest absolute Gasteiger partial charge is 0.188 e. The minimum atomic E-state index is -0.606. The summed E-state index contributed by atoms with van der Waals surface area (Å²) in [7, 11) is 0. The van der Waals surface area contributed by atoms with Gasteiger partial charge in [-0.2, -0.15) is 0 Å². The number of hydrogen-bond acceptors (Lipinski definition) is 1. The third-order valence-electron chi connectivity index (χ3n) is 1.35. The molecule has 1 saturated carbocycles. The Bertz CT molecular complexity index is 52.0. The summed E-state index contributed by atoms with van der Waals surface area (Å²) < 4.78 is 15.9. The molecule has 1 aliphatic carbocycles. The average Bonchev–Trinajstić information content (AvgIpc) is 1.55. The van der Waals surface area contributed by atoms with Gasteiger partial charge in [0.1, 0.15) is 0 Å².